The van der Waals surface area contributed by atoms with Gasteiger partial charge in [0, 0.05) is 6.07 Å². The van der Waals surface area contributed by atoms with Gasteiger partial charge in [-0.15, -0.1) is 0 Å². The Kier molecular flexibility index (Phi) is 7.59. The molecule has 0 fully saturated rings. The number of benzene rings is 2. The average molecular weight is 346 g/mol. The zero-order valence-corrected chi connectivity index (χ0v) is 14.1. The van der Waals surface area contributed by atoms with Crippen LogP contribution in [0.25, 0.3) is 0 Å². The summed E-state index contributed by atoms with van der Waals surface area (Å²) >= 11 is 0. The molecular formula is C19H22O6. The Hall–Kier alpha value is -2.73. The van der Waals surface area contributed by atoms with E-state index in [9.17, 15) is 4.79 Å². The standard InChI is InChI=1S/C19H22O6/c1-2-23-17-4-3-5-18(14-17)25-13-11-22-10-12-24-16-8-6-15(7-9-16)19(20)21/h3-9,14H,2,10-13H2,1H3,(H,20,21). The molecule has 0 saturated carbocycles. The molecule has 1 N–H and O–H groups in total. The highest BCUT2D eigenvalue weighted by Crippen LogP contribution is 2.19. The number of carboxylic acid groups (broad SMARTS) is 1. The fourth-order valence-corrected chi connectivity index (χ4v) is 2.05. The van der Waals surface area contributed by atoms with Gasteiger partial charge in [0.05, 0.1) is 25.4 Å². The summed E-state index contributed by atoms with van der Waals surface area (Å²) in [7, 11) is 0. The number of aromatic carboxylic acids is 1. The fraction of sp³-hybridized carbons (Fsp3) is 0.316. The second-order valence-corrected chi connectivity index (χ2v) is 5.05. The topological polar surface area (TPSA) is 74.2 Å². The highest BCUT2D eigenvalue weighted by atomic mass is 16.5. The summed E-state index contributed by atoms with van der Waals surface area (Å²) < 4.78 is 21.9. The normalized spacial score (nSPS) is 10.3. The van der Waals surface area contributed by atoms with Crippen LogP contribution >= 0.6 is 0 Å². The zero-order chi connectivity index (χ0) is 17.9. The lowest BCUT2D eigenvalue weighted by Gasteiger charge is -2.10. The molecule has 2 aromatic rings. The van der Waals surface area contributed by atoms with Crippen molar-refractivity contribution in [2.75, 3.05) is 33.0 Å². The maximum Gasteiger partial charge on any atom is 0.335 e. The summed E-state index contributed by atoms with van der Waals surface area (Å²) in [6.45, 7) is 4.23. The molecule has 0 unspecified atom stereocenters. The molecule has 25 heavy (non-hydrogen) atoms. The zero-order valence-electron chi connectivity index (χ0n) is 14.1. The predicted octanol–water partition coefficient (Wildman–Crippen LogP) is 3.26. The van der Waals surface area contributed by atoms with E-state index < -0.39 is 5.97 Å². The van der Waals surface area contributed by atoms with Crippen LogP contribution in [0.4, 0.5) is 0 Å². The van der Waals surface area contributed by atoms with Crippen LogP contribution in [0.15, 0.2) is 48.5 Å². The Balaban J connectivity index is 1.57. The Bertz CT molecular complexity index is 653. The van der Waals surface area contributed by atoms with E-state index in [1.165, 1.54) is 12.1 Å². The average Bonchev–Trinajstić information content (AvgIpc) is 2.62. The molecule has 0 aliphatic rings. The van der Waals surface area contributed by atoms with Crippen molar-refractivity contribution in [2.45, 2.75) is 6.92 Å². The van der Waals surface area contributed by atoms with Gasteiger partial charge in [0.25, 0.3) is 0 Å². The number of rotatable bonds is 11. The first-order valence-electron chi connectivity index (χ1n) is 8.08. The van der Waals surface area contributed by atoms with Gasteiger partial charge in [-0.25, -0.2) is 4.79 Å². The van der Waals surface area contributed by atoms with Gasteiger partial charge in [0.15, 0.2) is 0 Å². The van der Waals surface area contributed by atoms with Crippen LogP contribution in [-0.4, -0.2) is 44.1 Å². The highest BCUT2D eigenvalue weighted by Gasteiger charge is 2.02. The molecule has 0 aromatic heterocycles. The monoisotopic (exact) mass is 346 g/mol. The third-order valence-electron chi connectivity index (χ3n) is 3.21. The first-order valence-corrected chi connectivity index (χ1v) is 8.08. The van der Waals surface area contributed by atoms with Crippen LogP contribution in [-0.2, 0) is 4.74 Å². The van der Waals surface area contributed by atoms with Crippen LogP contribution in [0.3, 0.4) is 0 Å². The van der Waals surface area contributed by atoms with Crippen molar-refractivity contribution in [3.63, 3.8) is 0 Å². The summed E-state index contributed by atoms with van der Waals surface area (Å²) in [6, 6.07) is 13.7. The second-order valence-electron chi connectivity index (χ2n) is 5.05. The number of carbonyl (C=O) groups is 1. The van der Waals surface area contributed by atoms with Crippen molar-refractivity contribution >= 4 is 5.97 Å². The van der Waals surface area contributed by atoms with Crippen molar-refractivity contribution in [3.8, 4) is 17.2 Å². The lowest BCUT2D eigenvalue weighted by Crippen LogP contribution is -2.12. The van der Waals surface area contributed by atoms with Crippen LogP contribution < -0.4 is 14.2 Å². The minimum Gasteiger partial charge on any atom is -0.494 e. The van der Waals surface area contributed by atoms with Gasteiger partial charge >= 0.3 is 5.97 Å². The fourth-order valence-electron chi connectivity index (χ4n) is 2.05. The molecule has 0 aliphatic carbocycles. The third kappa shape index (κ3) is 6.73. The van der Waals surface area contributed by atoms with E-state index in [1.807, 2.05) is 31.2 Å². The van der Waals surface area contributed by atoms with E-state index in [0.717, 1.165) is 11.5 Å². The van der Waals surface area contributed by atoms with Gasteiger partial charge < -0.3 is 24.1 Å². The molecule has 0 atom stereocenters. The van der Waals surface area contributed by atoms with Gasteiger partial charge in [0.1, 0.15) is 30.5 Å². The molecular weight excluding hydrogens is 324 g/mol. The van der Waals surface area contributed by atoms with Crippen molar-refractivity contribution in [3.05, 3.63) is 54.1 Å². The van der Waals surface area contributed by atoms with Crippen LogP contribution in [0.1, 0.15) is 17.3 Å². The lowest BCUT2D eigenvalue weighted by molar-refractivity contribution is 0.0696. The van der Waals surface area contributed by atoms with E-state index in [1.54, 1.807) is 12.1 Å². The smallest absolute Gasteiger partial charge is 0.335 e. The SMILES string of the molecule is CCOc1cccc(OCCOCCOc2ccc(C(=O)O)cc2)c1. The van der Waals surface area contributed by atoms with E-state index in [2.05, 4.69) is 0 Å². The van der Waals surface area contributed by atoms with Crippen molar-refractivity contribution < 1.29 is 28.8 Å². The molecule has 0 radical (unpaired) electrons. The van der Waals surface area contributed by atoms with E-state index >= 15 is 0 Å². The molecule has 2 rings (SSSR count). The predicted molar refractivity (Wildman–Crippen MR) is 92.8 cm³/mol. The van der Waals surface area contributed by atoms with Gasteiger partial charge in [-0.1, -0.05) is 6.07 Å². The van der Waals surface area contributed by atoms with Crippen molar-refractivity contribution in [2.24, 2.45) is 0 Å². The Morgan fingerprint density at radius 2 is 1.44 bits per heavy atom. The van der Waals surface area contributed by atoms with Crippen LogP contribution in [0.2, 0.25) is 0 Å². The minimum absolute atomic E-state index is 0.231. The Morgan fingerprint density at radius 1 is 0.840 bits per heavy atom. The summed E-state index contributed by atoms with van der Waals surface area (Å²) in [5.74, 6) is 1.17. The molecule has 0 spiro atoms. The summed E-state index contributed by atoms with van der Waals surface area (Å²) in [6.07, 6.45) is 0. The summed E-state index contributed by atoms with van der Waals surface area (Å²) in [4.78, 5) is 10.7. The molecule has 0 aliphatic heterocycles. The Labute approximate surface area is 146 Å². The number of carboxylic acids is 1. The van der Waals surface area contributed by atoms with Crippen molar-refractivity contribution in [1.82, 2.24) is 0 Å². The molecule has 6 nitrogen and oxygen atoms in total. The van der Waals surface area contributed by atoms with E-state index in [-0.39, 0.29) is 5.56 Å². The molecule has 134 valence electrons. The van der Waals surface area contributed by atoms with Gasteiger partial charge in [-0.05, 0) is 43.3 Å². The molecule has 6 heteroatoms. The van der Waals surface area contributed by atoms with Gasteiger partial charge in [0.2, 0.25) is 0 Å². The molecule has 0 bridgehead atoms. The molecule has 0 amide bonds. The van der Waals surface area contributed by atoms with Crippen LogP contribution in [0, 0.1) is 0 Å². The molecule has 0 heterocycles. The van der Waals surface area contributed by atoms with E-state index in [4.69, 9.17) is 24.1 Å². The largest absolute Gasteiger partial charge is 0.494 e. The summed E-state index contributed by atoms with van der Waals surface area (Å²) in [5.41, 5.74) is 0.231. The van der Waals surface area contributed by atoms with Gasteiger partial charge in [-0.2, -0.15) is 0 Å². The van der Waals surface area contributed by atoms with Crippen LogP contribution in [0.5, 0.6) is 17.2 Å². The lowest BCUT2D eigenvalue weighted by atomic mass is 10.2. The van der Waals surface area contributed by atoms with Crippen molar-refractivity contribution in [1.29, 1.82) is 0 Å². The van der Waals surface area contributed by atoms with Gasteiger partial charge in [-0.3, -0.25) is 0 Å². The second kappa shape index (κ2) is 10.2. The molecule has 0 saturated heterocycles. The maximum absolute atomic E-state index is 10.7. The quantitative estimate of drug-likeness (QED) is 0.630. The first kappa shape index (κ1) is 18.6. The maximum atomic E-state index is 10.7. The minimum atomic E-state index is -0.957. The van der Waals surface area contributed by atoms with E-state index in [0.29, 0.717) is 38.8 Å². The number of hydrogen-bond acceptors (Lipinski definition) is 5. The third-order valence-corrected chi connectivity index (χ3v) is 3.21. The Morgan fingerprint density at radius 3 is 2.04 bits per heavy atom. The molecule has 2 aromatic carbocycles. The first-order chi connectivity index (χ1) is 12.2. The number of hydrogen-bond donors (Lipinski definition) is 1. The number of ether oxygens (including phenoxy) is 4. The highest BCUT2D eigenvalue weighted by molar-refractivity contribution is 5.87. The summed E-state index contributed by atoms with van der Waals surface area (Å²) in [5, 5.41) is 8.82.